The van der Waals surface area contributed by atoms with Crippen molar-refractivity contribution in [1.29, 1.82) is 0 Å². The number of carboxylic acid groups (broad SMARTS) is 2. The zero-order valence-corrected chi connectivity index (χ0v) is 18.5. The first-order chi connectivity index (χ1) is 12.8. The standard InChI is InChI=1S/C18H26O5S4/c1-12-6-24-10-14(26-8-12)3-18(17(21)22,23-5-16(19)20)4-15-11-25-7-13(2)9-27-15/h14-15H,1-11H2,(H,19,20)(H,21,22). The Morgan fingerprint density at radius 1 is 0.963 bits per heavy atom. The number of rotatable bonds is 8. The fourth-order valence-electron chi connectivity index (χ4n) is 2.93. The average Bonchev–Trinajstić information content (AvgIpc) is 2.93. The van der Waals surface area contributed by atoms with Gasteiger partial charge in [0.25, 0.3) is 0 Å². The van der Waals surface area contributed by atoms with Crippen LogP contribution in [0.15, 0.2) is 24.3 Å². The van der Waals surface area contributed by atoms with Crippen molar-refractivity contribution in [3.63, 3.8) is 0 Å². The van der Waals surface area contributed by atoms with E-state index in [1.165, 1.54) is 0 Å². The van der Waals surface area contributed by atoms with Gasteiger partial charge in [-0.05, 0) is 12.8 Å². The molecule has 2 N–H and O–H groups in total. The zero-order chi connectivity index (χ0) is 19.9. The van der Waals surface area contributed by atoms with E-state index in [0.717, 1.165) is 45.7 Å². The van der Waals surface area contributed by atoms with Crippen molar-refractivity contribution in [3.8, 4) is 0 Å². The summed E-state index contributed by atoms with van der Waals surface area (Å²) in [7, 11) is 0. The first-order valence-corrected chi connectivity index (χ1v) is 13.0. The highest BCUT2D eigenvalue weighted by Crippen LogP contribution is 2.38. The topological polar surface area (TPSA) is 83.8 Å². The van der Waals surface area contributed by atoms with E-state index in [1.54, 1.807) is 47.0 Å². The van der Waals surface area contributed by atoms with Crippen LogP contribution < -0.4 is 0 Å². The van der Waals surface area contributed by atoms with Crippen LogP contribution in [-0.4, -0.2) is 79.4 Å². The summed E-state index contributed by atoms with van der Waals surface area (Å²) in [6.45, 7) is 7.46. The smallest absolute Gasteiger partial charge is 0.336 e. The summed E-state index contributed by atoms with van der Waals surface area (Å²) in [5.41, 5.74) is 0.815. The lowest BCUT2D eigenvalue weighted by Gasteiger charge is -2.34. The molecule has 0 radical (unpaired) electrons. The van der Waals surface area contributed by atoms with Crippen LogP contribution in [-0.2, 0) is 14.3 Å². The Morgan fingerprint density at radius 3 is 1.85 bits per heavy atom. The molecule has 2 aliphatic rings. The van der Waals surface area contributed by atoms with Crippen molar-refractivity contribution < 1.29 is 24.5 Å². The summed E-state index contributed by atoms with van der Waals surface area (Å²) in [5, 5.41) is 19.3. The van der Waals surface area contributed by atoms with Crippen molar-refractivity contribution in [2.75, 3.05) is 41.1 Å². The fourth-order valence-corrected chi connectivity index (χ4v) is 8.23. The Bertz CT molecular complexity index is 548. The highest BCUT2D eigenvalue weighted by Gasteiger charge is 2.45. The van der Waals surface area contributed by atoms with Gasteiger partial charge in [0, 0.05) is 45.0 Å². The summed E-state index contributed by atoms with van der Waals surface area (Å²) < 4.78 is 5.60. The van der Waals surface area contributed by atoms with Gasteiger partial charge in [0.1, 0.15) is 6.61 Å². The molecule has 0 amide bonds. The van der Waals surface area contributed by atoms with Crippen LogP contribution in [0.3, 0.4) is 0 Å². The lowest BCUT2D eigenvalue weighted by molar-refractivity contribution is -0.173. The molecule has 5 nitrogen and oxygen atoms in total. The molecule has 0 bridgehead atoms. The van der Waals surface area contributed by atoms with Crippen LogP contribution in [0.5, 0.6) is 0 Å². The Hall–Kier alpha value is -0.220. The molecule has 152 valence electrons. The Morgan fingerprint density at radius 2 is 1.44 bits per heavy atom. The van der Waals surface area contributed by atoms with Crippen molar-refractivity contribution >= 4 is 59.0 Å². The van der Waals surface area contributed by atoms with Gasteiger partial charge in [0.05, 0.1) is 0 Å². The zero-order valence-electron chi connectivity index (χ0n) is 15.2. The SMILES string of the molecule is C=C1CSCC(CC(CC2CSCC(=C)CS2)(OCC(=O)O)C(=O)O)SC1. The minimum atomic E-state index is -1.48. The van der Waals surface area contributed by atoms with Crippen LogP contribution in [0.1, 0.15) is 12.8 Å². The van der Waals surface area contributed by atoms with Gasteiger partial charge >= 0.3 is 11.9 Å². The van der Waals surface area contributed by atoms with Gasteiger partial charge in [-0.15, -0.1) is 0 Å². The highest BCUT2D eigenvalue weighted by atomic mass is 32.2. The Balaban J connectivity index is 2.16. The molecule has 2 rings (SSSR count). The minimum Gasteiger partial charge on any atom is -0.480 e. The van der Waals surface area contributed by atoms with Crippen molar-refractivity contribution in [2.45, 2.75) is 28.9 Å². The van der Waals surface area contributed by atoms with E-state index in [0.29, 0.717) is 12.8 Å². The molecule has 0 aromatic heterocycles. The van der Waals surface area contributed by atoms with Crippen LogP contribution in [0.25, 0.3) is 0 Å². The quantitative estimate of drug-likeness (QED) is 0.540. The Kier molecular flexibility index (Phi) is 9.47. The molecule has 0 aliphatic carbocycles. The molecule has 9 heteroatoms. The first kappa shape index (κ1) is 23.1. The number of hydrogen-bond donors (Lipinski definition) is 2. The number of carboxylic acids is 2. The summed E-state index contributed by atoms with van der Waals surface area (Å²) in [6, 6.07) is 0. The number of carbonyl (C=O) groups is 2. The van der Waals surface area contributed by atoms with E-state index in [-0.39, 0.29) is 10.5 Å². The summed E-state index contributed by atoms with van der Waals surface area (Å²) in [4.78, 5) is 23.4. The maximum absolute atomic E-state index is 12.3. The van der Waals surface area contributed by atoms with Gasteiger partial charge in [-0.2, -0.15) is 47.0 Å². The molecule has 2 fully saturated rings. The normalized spacial score (nSPS) is 26.7. The van der Waals surface area contributed by atoms with Crippen molar-refractivity contribution in [1.82, 2.24) is 0 Å². The van der Waals surface area contributed by atoms with Crippen LogP contribution in [0.2, 0.25) is 0 Å². The Labute approximate surface area is 177 Å². The second-order valence-electron chi connectivity index (χ2n) is 6.79. The minimum absolute atomic E-state index is 0.0949. The van der Waals surface area contributed by atoms with Gasteiger partial charge in [-0.1, -0.05) is 24.3 Å². The summed E-state index contributed by atoms with van der Waals surface area (Å²) in [6.07, 6.45) is 0.618. The van der Waals surface area contributed by atoms with Gasteiger partial charge in [-0.3, -0.25) is 0 Å². The van der Waals surface area contributed by atoms with Gasteiger partial charge in [0.15, 0.2) is 5.60 Å². The number of aliphatic carboxylic acids is 2. The van der Waals surface area contributed by atoms with E-state index < -0.39 is 24.1 Å². The van der Waals surface area contributed by atoms with Crippen LogP contribution in [0, 0.1) is 0 Å². The molecule has 2 atom stereocenters. The maximum Gasteiger partial charge on any atom is 0.336 e. The van der Waals surface area contributed by atoms with Crippen LogP contribution >= 0.6 is 47.0 Å². The second kappa shape index (κ2) is 11.1. The molecule has 2 saturated heterocycles. The molecule has 0 aromatic carbocycles. The van der Waals surface area contributed by atoms with Gasteiger partial charge in [-0.25, -0.2) is 9.59 Å². The molecule has 0 aromatic rings. The van der Waals surface area contributed by atoms with E-state index in [2.05, 4.69) is 13.2 Å². The molecule has 2 aliphatic heterocycles. The van der Waals surface area contributed by atoms with Crippen molar-refractivity contribution in [3.05, 3.63) is 24.3 Å². The monoisotopic (exact) mass is 450 g/mol. The average molecular weight is 451 g/mol. The van der Waals surface area contributed by atoms with E-state index in [1.807, 2.05) is 0 Å². The molecule has 2 unspecified atom stereocenters. The number of thioether (sulfide) groups is 4. The molecule has 2 heterocycles. The fraction of sp³-hybridized carbons (Fsp3) is 0.667. The molecular weight excluding hydrogens is 424 g/mol. The first-order valence-electron chi connectivity index (χ1n) is 8.62. The van der Waals surface area contributed by atoms with E-state index >= 15 is 0 Å². The van der Waals surface area contributed by atoms with Crippen LogP contribution in [0.4, 0.5) is 0 Å². The van der Waals surface area contributed by atoms with E-state index in [4.69, 9.17) is 9.84 Å². The third kappa shape index (κ3) is 7.61. The number of ether oxygens (including phenoxy) is 1. The molecule has 0 spiro atoms. The summed E-state index contributed by atoms with van der Waals surface area (Å²) in [5.74, 6) is 2.81. The van der Waals surface area contributed by atoms with E-state index in [9.17, 15) is 14.7 Å². The summed E-state index contributed by atoms with van der Waals surface area (Å²) >= 11 is 6.90. The predicted molar refractivity (Wildman–Crippen MR) is 119 cm³/mol. The molecule has 0 saturated carbocycles. The second-order valence-corrected chi connectivity index (χ2v) is 11.4. The van der Waals surface area contributed by atoms with Gasteiger partial charge < -0.3 is 14.9 Å². The van der Waals surface area contributed by atoms with Crippen molar-refractivity contribution in [2.24, 2.45) is 0 Å². The molecular formula is C18H26O5S4. The predicted octanol–water partition coefficient (Wildman–Crippen LogP) is 3.50. The highest BCUT2D eigenvalue weighted by molar-refractivity contribution is 8.04. The third-order valence-electron chi connectivity index (χ3n) is 4.24. The lowest BCUT2D eigenvalue weighted by Crippen LogP contribution is -2.48. The van der Waals surface area contributed by atoms with Gasteiger partial charge in [0.2, 0.25) is 0 Å². The largest absolute Gasteiger partial charge is 0.480 e. The molecule has 27 heavy (non-hydrogen) atoms. The maximum atomic E-state index is 12.3. The third-order valence-corrected chi connectivity index (χ3v) is 9.92. The lowest BCUT2D eigenvalue weighted by atomic mass is 9.92. The number of hydrogen-bond acceptors (Lipinski definition) is 7.